The first-order chi connectivity index (χ1) is 14.9. The van der Waals surface area contributed by atoms with Gasteiger partial charge in [-0.25, -0.2) is 9.59 Å². The maximum atomic E-state index is 12.7. The summed E-state index contributed by atoms with van der Waals surface area (Å²) in [4.78, 5) is 25.0. The van der Waals surface area contributed by atoms with Crippen molar-refractivity contribution in [3.8, 4) is 11.5 Å². The molecule has 3 rings (SSSR count). The summed E-state index contributed by atoms with van der Waals surface area (Å²) in [6, 6.07) is 12.6. The molecule has 164 valence electrons. The lowest BCUT2D eigenvalue weighted by molar-refractivity contribution is -0.139. The molecule has 0 fully saturated rings. The molecular formula is C25H30N2O4. The zero-order valence-electron chi connectivity index (χ0n) is 18.6. The molecule has 2 aromatic carbocycles. The normalized spacial score (nSPS) is 15.9. The van der Waals surface area contributed by atoms with Crippen molar-refractivity contribution in [2.75, 3.05) is 6.61 Å². The van der Waals surface area contributed by atoms with Crippen LogP contribution in [0.3, 0.4) is 0 Å². The third-order valence-corrected chi connectivity index (χ3v) is 5.07. The molecule has 6 heteroatoms. The number of benzene rings is 2. The summed E-state index contributed by atoms with van der Waals surface area (Å²) in [7, 11) is 0. The van der Waals surface area contributed by atoms with E-state index in [-0.39, 0.29) is 12.6 Å². The summed E-state index contributed by atoms with van der Waals surface area (Å²) in [6.45, 7) is 8.17. The minimum absolute atomic E-state index is 0.271. The second kappa shape index (κ2) is 10.2. The SMILES string of the molecule is CCCCC1=C(C(=O)OCC)C(c2ccc(Oc3cc(C)cc(C)c3)cc2)NC(=O)N1. The molecule has 2 amide bonds. The fraction of sp³-hybridized carbons (Fsp3) is 0.360. The maximum absolute atomic E-state index is 12.7. The average molecular weight is 423 g/mol. The monoisotopic (exact) mass is 422 g/mol. The Hall–Kier alpha value is -3.28. The van der Waals surface area contributed by atoms with E-state index in [0.717, 1.165) is 35.3 Å². The predicted octanol–water partition coefficient (Wildman–Crippen LogP) is 5.46. The van der Waals surface area contributed by atoms with Gasteiger partial charge in [0.15, 0.2) is 0 Å². The van der Waals surface area contributed by atoms with Crippen molar-refractivity contribution in [1.82, 2.24) is 10.6 Å². The first-order valence-electron chi connectivity index (χ1n) is 10.7. The number of allylic oxidation sites excluding steroid dienone is 1. The number of hydrogen-bond donors (Lipinski definition) is 2. The van der Waals surface area contributed by atoms with E-state index in [4.69, 9.17) is 9.47 Å². The standard InChI is InChI=1S/C25H30N2O4/c1-5-7-8-21-22(24(28)30-6-2)23(27-25(29)26-21)18-9-11-19(12-10-18)31-20-14-16(3)13-17(4)15-20/h9-15,23H,5-8H2,1-4H3,(H2,26,27,29). The van der Waals surface area contributed by atoms with E-state index in [0.29, 0.717) is 23.4 Å². The van der Waals surface area contributed by atoms with Crippen LogP contribution in [0.1, 0.15) is 55.8 Å². The number of nitrogens with one attached hydrogen (secondary N) is 2. The molecule has 1 aliphatic rings. The van der Waals surface area contributed by atoms with Gasteiger partial charge in [-0.05, 0) is 74.6 Å². The molecule has 0 saturated carbocycles. The Kier molecular flexibility index (Phi) is 7.34. The Balaban J connectivity index is 1.89. The van der Waals surface area contributed by atoms with Gasteiger partial charge in [0.1, 0.15) is 11.5 Å². The van der Waals surface area contributed by atoms with Crippen LogP contribution in [0.25, 0.3) is 0 Å². The first kappa shape index (κ1) is 22.4. The number of carbonyl (C=O) groups excluding carboxylic acids is 2. The zero-order valence-corrected chi connectivity index (χ0v) is 18.6. The number of amides is 2. The zero-order chi connectivity index (χ0) is 22.4. The Morgan fingerprint density at radius 1 is 1.00 bits per heavy atom. The first-order valence-corrected chi connectivity index (χ1v) is 10.7. The molecule has 2 N–H and O–H groups in total. The van der Waals surface area contributed by atoms with Gasteiger partial charge in [-0.1, -0.05) is 31.5 Å². The number of ether oxygens (including phenoxy) is 2. The number of urea groups is 1. The highest BCUT2D eigenvalue weighted by atomic mass is 16.5. The van der Waals surface area contributed by atoms with Gasteiger partial charge in [0.05, 0.1) is 18.2 Å². The van der Waals surface area contributed by atoms with Crippen molar-refractivity contribution in [3.63, 3.8) is 0 Å². The molecule has 0 saturated heterocycles. The van der Waals surface area contributed by atoms with E-state index in [2.05, 4.69) is 23.6 Å². The molecule has 1 atom stereocenters. The van der Waals surface area contributed by atoms with Crippen LogP contribution in [0.5, 0.6) is 11.5 Å². The number of rotatable bonds is 8. The number of carbonyl (C=O) groups is 2. The molecule has 0 bridgehead atoms. The Labute approximate surface area is 183 Å². The van der Waals surface area contributed by atoms with E-state index in [9.17, 15) is 9.59 Å². The second-order valence-electron chi connectivity index (χ2n) is 7.74. The molecular weight excluding hydrogens is 392 g/mol. The molecule has 0 aliphatic carbocycles. The quantitative estimate of drug-likeness (QED) is 0.554. The van der Waals surface area contributed by atoms with E-state index >= 15 is 0 Å². The summed E-state index contributed by atoms with van der Waals surface area (Å²) in [5.74, 6) is 1.04. The van der Waals surface area contributed by atoms with Gasteiger partial charge in [0.2, 0.25) is 0 Å². The lowest BCUT2D eigenvalue weighted by Gasteiger charge is -2.29. The topological polar surface area (TPSA) is 76.7 Å². The van der Waals surface area contributed by atoms with Gasteiger partial charge in [0.25, 0.3) is 0 Å². The summed E-state index contributed by atoms with van der Waals surface area (Å²) in [5, 5.41) is 5.66. The molecule has 0 spiro atoms. The van der Waals surface area contributed by atoms with Crippen LogP contribution in [0, 0.1) is 13.8 Å². The van der Waals surface area contributed by atoms with Crippen LogP contribution in [-0.4, -0.2) is 18.6 Å². The molecule has 1 unspecified atom stereocenters. The molecule has 0 radical (unpaired) electrons. The lowest BCUT2D eigenvalue weighted by Crippen LogP contribution is -2.46. The van der Waals surface area contributed by atoms with Crippen molar-refractivity contribution in [1.29, 1.82) is 0 Å². The average Bonchev–Trinajstić information content (AvgIpc) is 2.71. The summed E-state index contributed by atoms with van der Waals surface area (Å²) >= 11 is 0. The van der Waals surface area contributed by atoms with Crippen molar-refractivity contribution in [2.45, 2.75) is 53.0 Å². The minimum Gasteiger partial charge on any atom is -0.463 e. The molecule has 31 heavy (non-hydrogen) atoms. The van der Waals surface area contributed by atoms with E-state index in [1.54, 1.807) is 6.92 Å². The third-order valence-electron chi connectivity index (χ3n) is 5.07. The number of unbranched alkanes of at least 4 members (excludes halogenated alkanes) is 1. The van der Waals surface area contributed by atoms with E-state index < -0.39 is 12.0 Å². The number of aryl methyl sites for hydroxylation is 2. The van der Waals surface area contributed by atoms with Crippen LogP contribution in [0.2, 0.25) is 0 Å². The smallest absolute Gasteiger partial charge is 0.338 e. The number of hydrogen-bond acceptors (Lipinski definition) is 4. The van der Waals surface area contributed by atoms with Crippen molar-refractivity contribution in [2.24, 2.45) is 0 Å². The summed E-state index contributed by atoms with van der Waals surface area (Å²) < 4.78 is 11.3. The highest BCUT2D eigenvalue weighted by molar-refractivity contribution is 5.95. The highest BCUT2D eigenvalue weighted by Gasteiger charge is 2.33. The van der Waals surface area contributed by atoms with Gasteiger partial charge in [-0.2, -0.15) is 0 Å². The van der Waals surface area contributed by atoms with Crippen LogP contribution in [0.15, 0.2) is 53.7 Å². The Morgan fingerprint density at radius 2 is 1.68 bits per heavy atom. The van der Waals surface area contributed by atoms with Crippen LogP contribution in [0.4, 0.5) is 4.79 Å². The van der Waals surface area contributed by atoms with Gasteiger partial charge in [-0.3, -0.25) is 0 Å². The fourth-order valence-electron chi connectivity index (χ4n) is 3.72. The highest BCUT2D eigenvalue weighted by Crippen LogP contribution is 2.31. The van der Waals surface area contributed by atoms with Crippen LogP contribution in [-0.2, 0) is 9.53 Å². The molecule has 1 aliphatic heterocycles. The van der Waals surface area contributed by atoms with Crippen molar-refractivity contribution in [3.05, 3.63) is 70.4 Å². The predicted molar refractivity (Wildman–Crippen MR) is 120 cm³/mol. The second-order valence-corrected chi connectivity index (χ2v) is 7.74. The third kappa shape index (κ3) is 5.66. The van der Waals surface area contributed by atoms with E-state index in [1.165, 1.54) is 0 Å². The van der Waals surface area contributed by atoms with Crippen LogP contribution >= 0.6 is 0 Å². The van der Waals surface area contributed by atoms with Gasteiger partial charge in [0, 0.05) is 5.70 Å². The van der Waals surface area contributed by atoms with Gasteiger partial charge in [-0.15, -0.1) is 0 Å². The summed E-state index contributed by atoms with van der Waals surface area (Å²) in [5.41, 5.74) is 4.14. The van der Waals surface area contributed by atoms with E-state index in [1.807, 2.05) is 50.2 Å². The van der Waals surface area contributed by atoms with Gasteiger partial charge >= 0.3 is 12.0 Å². The maximum Gasteiger partial charge on any atom is 0.338 e. The van der Waals surface area contributed by atoms with Gasteiger partial charge < -0.3 is 20.1 Å². The minimum atomic E-state index is -0.574. The lowest BCUT2D eigenvalue weighted by atomic mass is 9.93. The van der Waals surface area contributed by atoms with Crippen molar-refractivity contribution >= 4 is 12.0 Å². The van der Waals surface area contributed by atoms with Crippen molar-refractivity contribution < 1.29 is 19.1 Å². The molecule has 6 nitrogen and oxygen atoms in total. The number of esters is 1. The summed E-state index contributed by atoms with van der Waals surface area (Å²) in [6.07, 6.45) is 2.44. The van der Waals surface area contributed by atoms with Crippen LogP contribution < -0.4 is 15.4 Å². The Morgan fingerprint density at radius 3 is 2.29 bits per heavy atom. The Bertz CT molecular complexity index is 959. The molecule has 0 aromatic heterocycles. The molecule has 1 heterocycles. The largest absolute Gasteiger partial charge is 0.463 e. The fourth-order valence-corrected chi connectivity index (χ4v) is 3.72. The molecule has 2 aromatic rings.